The smallest absolute Gasteiger partial charge is 0.234 e. The van der Waals surface area contributed by atoms with Crippen LogP contribution in [-0.2, 0) is 9.59 Å². The average molecular weight is 310 g/mol. The summed E-state index contributed by atoms with van der Waals surface area (Å²) in [6, 6.07) is 5.11. The number of nitrogens with one attached hydrogen (secondary N) is 2. The summed E-state index contributed by atoms with van der Waals surface area (Å²) in [5.74, 6) is 0.643. The molecule has 0 heterocycles. The molecule has 0 bridgehead atoms. The number of hydrogen-bond acceptors (Lipinski definition) is 4. The number of hydrogen-bond donors (Lipinski definition) is 2. The quantitative estimate of drug-likeness (QED) is 0.877. The number of rotatable bonds is 5. The summed E-state index contributed by atoms with van der Waals surface area (Å²) >= 11 is 1.57. The fourth-order valence-corrected chi connectivity index (χ4v) is 2.19. The molecule has 0 aliphatic heterocycles. The number of ether oxygens (including phenoxy) is 1. The summed E-state index contributed by atoms with van der Waals surface area (Å²) < 4.78 is 5.24. The minimum Gasteiger partial charge on any atom is -0.495 e. The molecule has 0 saturated heterocycles. The molecule has 21 heavy (non-hydrogen) atoms. The average Bonchev–Trinajstić information content (AvgIpc) is 2.35. The highest BCUT2D eigenvalue weighted by Gasteiger charge is 2.15. The Morgan fingerprint density at radius 2 is 1.90 bits per heavy atom. The van der Waals surface area contributed by atoms with Crippen LogP contribution in [0, 0.1) is 0 Å². The zero-order valence-corrected chi connectivity index (χ0v) is 13.9. The highest BCUT2D eigenvalue weighted by atomic mass is 32.2. The maximum Gasteiger partial charge on any atom is 0.234 e. The molecule has 0 unspecified atom stereocenters. The van der Waals surface area contributed by atoms with E-state index in [0.717, 1.165) is 0 Å². The number of benzene rings is 1. The van der Waals surface area contributed by atoms with E-state index in [-0.39, 0.29) is 16.6 Å². The van der Waals surface area contributed by atoms with Gasteiger partial charge in [0.05, 0.1) is 18.6 Å². The zero-order valence-electron chi connectivity index (χ0n) is 13.1. The molecule has 0 fully saturated rings. The van der Waals surface area contributed by atoms with Crippen LogP contribution >= 0.6 is 11.8 Å². The van der Waals surface area contributed by atoms with Crippen molar-refractivity contribution in [2.24, 2.45) is 0 Å². The number of anilines is 2. The molecule has 0 aromatic heterocycles. The molecule has 6 heteroatoms. The van der Waals surface area contributed by atoms with Gasteiger partial charge in [-0.3, -0.25) is 9.59 Å². The largest absolute Gasteiger partial charge is 0.495 e. The van der Waals surface area contributed by atoms with Crippen LogP contribution in [0.1, 0.15) is 27.7 Å². The van der Waals surface area contributed by atoms with Crippen LogP contribution in [0.4, 0.5) is 11.4 Å². The summed E-state index contributed by atoms with van der Waals surface area (Å²) in [6.45, 7) is 7.61. The number of thioether (sulfide) groups is 1. The van der Waals surface area contributed by atoms with Gasteiger partial charge < -0.3 is 15.4 Å². The van der Waals surface area contributed by atoms with Gasteiger partial charge in [-0.25, -0.2) is 0 Å². The lowest BCUT2D eigenvalue weighted by molar-refractivity contribution is -0.114. The van der Waals surface area contributed by atoms with E-state index in [1.54, 1.807) is 30.0 Å². The third-order valence-electron chi connectivity index (χ3n) is 2.43. The Balaban J connectivity index is 2.79. The van der Waals surface area contributed by atoms with Crippen LogP contribution in [0.2, 0.25) is 0 Å². The van der Waals surface area contributed by atoms with Crippen molar-refractivity contribution in [3.05, 3.63) is 18.2 Å². The minimum atomic E-state index is -0.166. The first-order valence-corrected chi connectivity index (χ1v) is 7.59. The van der Waals surface area contributed by atoms with E-state index in [1.807, 2.05) is 0 Å². The lowest BCUT2D eigenvalue weighted by Gasteiger charge is -2.17. The fraction of sp³-hybridized carbons (Fsp3) is 0.467. The number of carbonyl (C=O) groups is 2. The summed E-state index contributed by atoms with van der Waals surface area (Å²) in [6.07, 6.45) is 0. The predicted octanol–water partition coefficient (Wildman–Crippen LogP) is 3.12. The van der Waals surface area contributed by atoms with Crippen molar-refractivity contribution in [3.63, 3.8) is 0 Å². The molecule has 0 aliphatic carbocycles. The number of amides is 2. The lowest BCUT2D eigenvalue weighted by Crippen LogP contribution is -2.19. The van der Waals surface area contributed by atoms with Gasteiger partial charge in [0, 0.05) is 17.4 Å². The van der Waals surface area contributed by atoms with E-state index in [9.17, 15) is 9.59 Å². The van der Waals surface area contributed by atoms with E-state index in [1.165, 1.54) is 14.0 Å². The molecular formula is C15H22N2O3S. The molecular weight excluding hydrogens is 288 g/mol. The van der Waals surface area contributed by atoms with E-state index in [0.29, 0.717) is 22.9 Å². The van der Waals surface area contributed by atoms with Crippen molar-refractivity contribution in [2.75, 3.05) is 23.5 Å². The van der Waals surface area contributed by atoms with Crippen molar-refractivity contribution >= 4 is 35.0 Å². The summed E-state index contributed by atoms with van der Waals surface area (Å²) in [5.41, 5.74) is 1.16. The van der Waals surface area contributed by atoms with Gasteiger partial charge in [0.15, 0.2) is 0 Å². The maximum atomic E-state index is 12.0. The summed E-state index contributed by atoms with van der Waals surface area (Å²) in [5, 5.41) is 5.49. The van der Waals surface area contributed by atoms with Crippen LogP contribution < -0.4 is 15.4 Å². The molecule has 1 aromatic rings. The number of methoxy groups -OCH3 is 1. The van der Waals surface area contributed by atoms with E-state index in [4.69, 9.17) is 4.74 Å². The minimum absolute atomic E-state index is 0.0272. The highest BCUT2D eigenvalue weighted by molar-refractivity contribution is 8.01. The fourth-order valence-electron chi connectivity index (χ4n) is 1.56. The van der Waals surface area contributed by atoms with Gasteiger partial charge in [0.25, 0.3) is 0 Å². The molecule has 1 aromatic carbocycles. The van der Waals surface area contributed by atoms with Gasteiger partial charge in [-0.1, -0.05) is 20.8 Å². The molecule has 2 amide bonds. The van der Waals surface area contributed by atoms with Gasteiger partial charge >= 0.3 is 0 Å². The van der Waals surface area contributed by atoms with E-state index < -0.39 is 0 Å². The Hall–Kier alpha value is -1.69. The van der Waals surface area contributed by atoms with E-state index in [2.05, 4.69) is 31.4 Å². The third kappa shape index (κ3) is 6.53. The molecule has 0 saturated carbocycles. The van der Waals surface area contributed by atoms with Crippen LogP contribution in [0.15, 0.2) is 18.2 Å². The third-order valence-corrected chi connectivity index (χ3v) is 3.70. The van der Waals surface area contributed by atoms with Crippen LogP contribution in [-0.4, -0.2) is 29.4 Å². The second-order valence-electron chi connectivity index (χ2n) is 5.55. The standard InChI is InChI=1S/C15H22N2O3S/c1-10(18)16-11-6-7-13(20-5)12(8-11)17-14(19)9-21-15(2,3)4/h6-8H,9H2,1-5H3,(H,16,18)(H,17,19). The van der Waals surface area contributed by atoms with Crippen molar-refractivity contribution < 1.29 is 14.3 Å². The van der Waals surface area contributed by atoms with Gasteiger partial charge in [-0.2, -0.15) is 0 Å². The monoisotopic (exact) mass is 310 g/mol. The first kappa shape index (κ1) is 17.4. The van der Waals surface area contributed by atoms with Crippen molar-refractivity contribution in [1.29, 1.82) is 0 Å². The SMILES string of the molecule is COc1ccc(NC(C)=O)cc1NC(=O)CSC(C)(C)C. The Kier molecular flexibility index (Phi) is 6.08. The molecule has 0 radical (unpaired) electrons. The van der Waals surface area contributed by atoms with Gasteiger partial charge in [0.1, 0.15) is 5.75 Å². The van der Waals surface area contributed by atoms with Gasteiger partial charge in [-0.05, 0) is 18.2 Å². The van der Waals surface area contributed by atoms with Crippen molar-refractivity contribution in [2.45, 2.75) is 32.4 Å². The lowest BCUT2D eigenvalue weighted by atomic mass is 10.2. The highest BCUT2D eigenvalue weighted by Crippen LogP contribution is 2.29. The van der Waals surface area contributed by atoms with Gasteiger partial charge in [-0.15, -0.1) is 11.8 Å². The van der Waals surface area contributed by atoms with Gasteiger partial charge in [0.2, 0.25) is 11.8 Å². The summed E-state index contributed by atoms with van der Waals surface area (Å²) in [7, 11) is 1.53. The first-order valence-electron chi connectivity index (χ1n) is 6.61. The zero-order chi connectivity index (χ0) is 16.0. The molecule has 1 rings (SSSR count). The summed E-state index contributed by atoms with van der Waals surface area (Å²) in [4.78, 5) is 23.1. The molecule has 0 spiro atoms. The van der Waals surface area contributed by atoms with E-state index >= 15 is 0 Å². The second-order valence-corrected chi connectivity index (χ2v) is 7.35. The van der Waals surface area contributed by atoms with Crippen LogP contribution in [0.25, 0.3) is 0 Å². The van der Waals surface area contributed by atoms with Crippen molar-refractivity contribution in [3.8, 4) is 5.75 Å². The Labute approximate surface area is 129 Å². The molecule has 0 aliphatic rings. The topological polar surface area (TPSA) is 67.4 Å². The maximum absolute atomic E-state index is 12.0. The number of carbonyl (C=O) groups excluding carboxylic acids is 2. The Morgan fingerprint density at radius 1 is 1.24 bits per heavy atom. The molecule has 116 valence electrons. The normalized spacial score (nSPS) is 10.9. The first-order chi connectivity index (χ1) is 9.71. The Morgan fingerprint density at radius 3 is 2.43 bits per heavy atom. The van der Waals surface area contributed by atoms with Crippen LogP contribution in [0.3, 0.4) is 0 Å². The predicted molar refractivity (Wildman–Crippen MR) is 88.1 cm³/mol. The molecule has 0 atom stereocenters. The Bertz CT molecular complexity index is 524. The second kappa shape index (κ2) is 7.36. The molecule has 5 nitrogen and oxygen atoms in total. The van der Waals surface area contributed by atoms with Crippen molar-refractivity contribution in [1.82, 2.24) is 0 Å². The van der Waals surface area contributed by atoms with Crippen LogP contribution in [0.5, 0.6) is 5.75 Å². The molecule has 2 N–H and O–H groups in total.